The summed E-state index contributed by atoms with van der Waals surface area (Å²) in [5.41, 5.74) is 12.8. The summed E-state index contributed by atoms with van der Waals surface area (Å²) in [5.74, 6) is 4.93. The Kier molecular flexibility index (Phi) is 5.15. The van der Waals surface area contributed by atoms with Gasteiger partial charge in [0.25, 0.3) is 0 Å². The first-order valence-corrected chi connectivity index (χ1v) is 11.8. The Balaban J connectivity index is 1.51. The number of carbonyl (C=O) groups is 1. The van der Waals surface area contributed by atoms with E-state index in [2.05, 4.69) is 20.8 Å². The minimum absolute atomic E-state index is 0.132. The molecule has 0 unspecified atom stereocenters. The second kappa shape index (κ2) is 7.04. The molecule has 0 aliphatic heterocycles. The Morgan fingerprint density at radius 3 is 2.44 bits per heavy atom. The van der Waals surface area contributed by atoms with Gasteiger partial charge in [-0.2, -0.15) is 0 Å². The van der Waals surface area contributed by atoms with Crippen LogP contribution in [-0.2, 0) is 4.79 Å². The monoisotopic (exact) mass is 374 g/mol. The molecule has 0 spiro atoms. The van der Waals surface area contributed by atoms with E-state index in [4.69, 9.17) is 11.5 Å². The molecule has 4 aliphatic rings. The highest BCUT2D eigenvalue weighted by molar-refractivity contribution is 5.73. The predicted octanol–water partition coefficient (Wildman–Crippen LogP) is 4.87. The topological polar surface area (TPSA) is 69.1 Å². The average molecular weight is 375 g/mol. The molecule has 0 heterocycles. The molecule has 4 N–H and O–H groups in total. The van der Waals surface area contributed by atoms with Crippen molar-refractivity contribution in [2.75, 3.05) is 0 Å². The Morgan fingerprint density at radius 1 is 1.00 bits per heavy atom. The summed E-state index contributed by atoms with van der Waals surface area (Å²) in [6.07, 6.45) is 13.9. The van der Waals surface area contributed by atoms with Crippen LogP contribution in [0.4, 0.5) is 0 Å². The molecule has 4 rings (SSSR count). The van der Waals surface area contributed by atoms with E-state index in [-0.39, 0.29) is 5.91 Å². The van der Waals surface area contributed by atoms with E-state index in [1.54, 1.807) is 0 Å². The van der Waals surface area contributed by atoms with Gasteiger partial charge in [0.05, 0.1) is 0 Å². The maximum absolute atomic E-state index is 11.3. The highest BCUT2D eigenvalue weighted by Gasteiger charge is 2.60. The molecule has 0 radical (unpaired) electrons. The van der Waals surface area contributed by atoms with Crippen molar-refractivity contribution in [2.45, 2.75) is 97.4 Å². The van der Waals surface area contributed by atoms with E-state index in [1.165, 1.54) is 57.8 Å². The van der Waals surface area contributed by atoms with Gasteiger partial charge in [-0.05, 0) is 111 Å². The number of nitrogens with two attached hydrogens (primary N) is 2. The highest BCUT2D eigenvalue weighted by Crippen LogP contribution is 2.68. The van der Waals surface area contributed by atoms with Crippen molar-refractivity contribution < 1.29 is 4.79 Å². The van der Waals surface area contributed by atoms with Crippen LogP contribution < -0.4 is 11.5 Å². The standard InChI is InChI=1S/C24H42N2O/c1-15(4-9-22(26)27)19-7-8-20-18-6-5-16-14-17(25)10-12-23(16,2)21(18)11-13-24(19,20)3/h15-21H,4-14,25H2,1-3H3,(H2,26,27)/t15-,16-,17+,18+,19-,20+,21+,23+,24-/m1/s1. The molecule has 154 valence electrons. The van der Waals surface area contributed by atoms with E-state index < -0.39 is 0 Å². The number of hydrogen-bond donors (Lipinski definition) is 2. The zero-order valence-electron chi connectivity index (χ0n) is 17.9. The van der Waals surface area contributed by atoms with Crippen LogP contribution in [-0.4, -0.2) is 11.9 Å². The molecule has 27 heavy (non-hydrogen) atoms. The number of fused-ring (bicyclic) bond motifs is 5. The molecule has 3 heteroatoms. The predicted molar refractivity (Wildman–Crippen MR) is 111 cm³/mol. The summed E-state index contributed by atoms with van der Waals surface area (Å²) in [6.45, 7) is 7.62. The molecule has 3 nitrogen and oxygen atoms in total. The van der Waals surface area contributed by atoms with Crippen molar-refractivity contribution in [3.63, 3.8) is 0 Å². The van der Waals surface area contributed by atoms with Crippen molar-refractivity contribution in [3.8, 4) is 0 Å². The molecular formula is C24H42N2O. The summed E-state index contributed by atoms with van der Waals surface area (Å²) in [7, 11) is 0. The molecule has 4 saturated carbocycles. The lowest BCUT2D eigenvalue weighted by Gasteiger charge is -2.61. The molecule has 0 aromatic heterocycles. The maximum Gasteiger partial charge on any atom is 0.217 e. The second-order valence-electron chi connectivity index (χ2n) is 11.4. The molecule has 0 aromatic rings. The number of rotatable bonds is 4. The third kappa shape index (κ3) is 3.16. The Hall–Kier alpha value is -0.570. The van der Waals surface area contributed by atoms with Crippen molar-refractivity contribution in [1.82, 2.24) is 0 Å². The van der Waals surface area contributed by atoms with Crippen LogP contribution in [0.2, 0.25) is 0 Å². The van der Waals surface area contributed by atoms with E-state index in [1.807, 2.05) is 0 Å². The van der Waals surface area contributed by atoms with Gasteiger partial charge in [-0.15, -0.1) is 0 Å². The lowest BCUT2D eigenvalue weighted by molar-refractivity contribution is -0.120. The fourth-order valence-electron chi connectivity index (χ4n) is 8.84. The third-order valence-electron chi connectivity index (χ3n) is 10.3. The van der Waals surface area contributed by atoms with Gasteiger partial charge in [-0.25, -0.2) is 0 Å². The van der Waals surface area contributed by atoms with Crippen LogP contribution in [0.3, 0.4) is 0 Å². The lowest BCUT2D eigenvalue weighted by atomic mass is 9.44. The van der Waals surface area contributed by atoms with Gasteiger partial charge < -0.3 is 11.5 Å². The number of primary amides is 1. The van der Waals surface area contributed by atoms with Crippen molar-refractivity contribution in [3.05, 3.63) is 0 Å². The van der Waals surface area contributed by atoms with Crippen molar-refractivity contribution in [2.24, 2.45) is 57.8 Å². The lowest BCUT2D eigenvalue weighted by Crippen LogP contribution is -2.54. The summed E-state index contributed by atoms with van der Waals surface area (Å²) in [6, 6.07) is 0.454. The van der Waals surface area contributed by atoms with Crippen molar-refractivity contribution >= 4 is 5.91 Å². The smallest absolute Gasteiger partial charge is 0.217 e. The van der Waals surface area contributed by atoms with Gasteiger partial charge in [0.1, 0.15) is 0 Å². The van der Waals surface area contributed by atoms with Gasteiger partial charge in [0.15, 0.2) is 0 Å². The Bertz CT molecular complexity index is 577. The first kappa shape index (κ1) is 19.7. The molecular weight excluding hydrogens is 332 g/mol. The summed E-state index contributed by atoms with van der Waals surface area (Å²) in [5, 5.41) is 0. The van der Waals surface area contributed by atoms with Gasteiger partial charge in [-0.1, -0.05) is 20.8 Å². The maximum atomic E-state index is 11.3. The third-order valence-corrected chi connectivity index (χ3v) is 10.3. The van der Waals surface area contributed by atoms with Crippen molar-refractivity contribution in [1.29, 1.82) is 0 Å². The van der Waals surface area contributed by atoms with E-state index in [9.17, 15) is 4.79 Å². The largest absolute Gasteiger partial charge is 0.370 e. The molecule has 4 fully saturated rings. The van der Waals surface area contributed by atoms with E-state index in [0.29, 0.717) is 29.2 Å². The quantitative estimate of drug-likeness (QED) is 0.736. The van der Waals surface area contributed by atoms with Crippen LogP contribution in [0.5, 0.6) is 0 Å². The zero-order chi connectivity index (χ0) is 19.4. The Labute approximate surface area is 166 Å². The molecule has 1 amide bonds. The van der Waals surface area contributed by atoms with E-state index in [0.717, 1.165) is 36.0 Å². The normalized spacial score (nSPS) is 50.4. The first-order valence-electron chi connectivity index (χ1n) is 11.8. The van der Waals surface area contributed by atoms with Gasteiger partial charge in [0.2, 0.25) is 5.91 Å². The number of amides is 1. The summed E-state index contributed by atoms with van der Waals surface area (Å²) in [4.78, 5) is 11.3. The SMILES string of the molecule is C[C@H](CCC(N)=O)[C@H]1CC[C@H]2[C@@H]3CC[C@@H]4C[C@@H](N)CC[C@]4(C)[C@H]3CC[C@]12C. The molecule has 0 aromatic carbocycles. The minimum Gasteiger partial charge on any atom is -0.370 e. The van der Waals surface area contributed by atoms with Gasteiger partial charge in [0, 0.05) is 12.5 Å². The fraction of sp³-hybridized carbons (Fsp3) is 0.958. The number of carbonyl (C=O) groups excluding carboxylic acids is 1. The Morgan fingerprint density at radius 2 is 1.70 bits per heavy atom. The van der Waals surface area contributed by atoms with Crippen LogP contribution in [0, 0.1) is 46.3 Å². The zero-order valence-corrected chi connectivity index (χ0v) is 17.9. The highest BCUT2D eigenvalue weighted by atomic mass is 16.1. The average Bonchev–Trinajstić information content (AvgIpc) is 2.97. The minimum atomic E-state index is -0.132. The fourth-order valence-corrected chi connectivity index (χ4v) is 8.84. The van der Waals surface area contributed by atoms with Gasteiger partial charge >= 0.3 is 0 Å². The van der Waals surface area contributed by atoms with Crippen LogP contribution in [0.15, 0.2) is 0 Å². The van der Waals surface area contributed by atoms with Crippen LogP contribution >= 0.6 is 0 Å². The first-order chi connectivity index (χ1) is 12.8. The van der Waals surface area contributed by atoms with Crippen LogP contribution in [0.1, 0.15) is 91.4 Å². The summed E-state index contributed by atoms with van der Waals surface area (Å²) >= 11 is 0. The van der Waals surface area contributed by atoms with Crippen LogP contribution in [0.25, 0.3) is 0 Å². The molecule has 9 atom stereocenters. The number of hydrogen-bond acceptors (Lipinski definition) is 2. The molecule has 0 bridgehead atoms. The summed E-state index contributed by atoms with van der Waals surface area (Å²) < 4.78 is 0. The molecule has 0 saturated heterocycles. The van der Waals surface area contributed by atoms with E-state index >= 15 is 0 Å². The molecule has 4 aliphatic carbocycles. The second-order valence-corrected chi connectivity index (χ2v) is 11.4. The van der Waals surface area contributed by atoms with Gasteiger partial charge in [-0.3, -0.25) is 4.79 Å².